The molecule has 0 radical (unpaired) electrons. The molecule has 1 amide bonds. The molecular weight excluding hydrogens is 316 g/mol. The molecule has 0 aliphatic carbocycles. The minimum atomic E-state index is -0.553. The molecule has 0 saturated heterocycles. The van der Waals surface area contributed by atoms with Gasteiger partial charge < -0.3 is 9.88 Å². The molecule has 1 aromatic carbocycles. The van der Waals surface area contributed by atoms with Crippen molar-refractivity contribution in [3.05, 3.63) is 28.8 Å². The monoisotopic (exact) mass is 331 g/mol. The summed E-state index contributed by atoms with van der Waals surface area (Å²) in [5.41, 5.74) is 0.667. The number of halogens is 3. The summed E-state index contributed by atoms with van der Waals surface area (Å²) < 4.78 is 15.2. The van der Waals surface area contributed by atoms with Crippen LogP contribution in [0.25, 0.3) is 11.0 Å². The molecule has 0 bridgehead atoms. The maximum atomic E-state index is 13.6. The van der Waals surface area contributed by atoms with Crippen LogP contribution in [0.4, 0.5) is 4.39 Å². The smallest absolute Gasteiger partial charge is 0.240 e. The number of imidazole rings is 1. The Morgan fingerprint density at radius 2 is 2.10 bits per heavy atom. The third-order valence-electron chi connectivity index (χ3n) is 2.81. The first-order valence-electron chi connectivity index (χ1n) is 6.42. The Morgan fingerprint density at radius 1 is 1.43 bits per heavy atom. The number of benzene rings is 1. The van der Waals surface area contributed by atoms with E-state index in [1.165, 1.54) is 12.1 Å². The summed E-state index contributed by atoms with van der Waals surface area (Å²) >= 11 is 11.6. The number of hydrogen-bond acceptors (Lipinski definition) is 2. The molecule has 1 aromatic heterocycles. The van der Waals surface area contributed by atoms with E-state index in [0.717, 1.165) is 0 Å². The molecule has 0 spiro atoms. The molecule has 1 N–H and O–H groups in total. The zero-order valence-electron chi connectivity index (χ0n) is 12.0. The first kappa shape index (κ1) is 16.0. The van der Waals surface area contributed by atoms with E-state index in [0.29, 0.717) is 16.9 Å². The van der Waals surface area contributed by atoms with Crippen LogP contribution in [0.3, 0.4) is 0 Å². The predicted octanol–water partition coefficient (Wildman–Crippen LogP) is 3.48. The van der Waals surface area contributed by atoms with E-state index in [-0.39, 0.29) is 28.9 Å². The molecule has 114 valence electrons. The lowest BCUT2D eigenvalue weighted by Crippen LogP contribution is -2.42. The van der Waals surface area contributed by atoms with Crippen LogP contribution in [-0.4, -0.2) is 21.0 Å². The third-order valence-corrected chi connectivity index (χ3v) is 3.33. The van der Waals surface area contributed by atoms with Crippen LogP contribution in [0, 0.1) is 5.82 Å². The topological polar surface area (TPSA) is 46.9 Å². The number of hydrogen-bond donors (Lipinski definition) is 1. The van der Waals surface area contributed by atoms with Gasteiger partial charge in [-0.05, 0) is 26.8 Å². The van der Waals surface area contributed by atoms with Gasteiger partial charge in [0, 0.05) is 11.6 Å². The maximum Gasteiger partial charge on any atom is 0.240 e. The SMILES string of the molecule is CC(C)(C)NC(=O)Cn1c(CCl)nc2cc(Cl)c(F)cc21. The summed E-state index contributed by atoms with van der Waals surface area (Å²) in [7, 11) is 0. The van der Waals surface area contributed by atoms with Crippen molar-refractivity contribution in [2.45, 2.75) is 38.7 Å². The Morgan fingerprint density at radius 3 is 2.67 bits per heavy atom. The Hall–Kier alpha value is -1.33. The summed E-state index contributed by atoms with van der Waals surface area (Å²) in [6.45, 7) is 5.69. The van der Waals surface area contributed by atoms with Crippen LogP contribution in [-0.2, 0) is 17.2 Å². The molecule has 7 heteroatoms. The number of amides is 1. The summed E-state index contributed by atoms with van der Waals surface area (Å²) in [4.78, 5) is 16.3. The van der Waals surface area contributed by atoms with Gasteiger partial charge in [0.2, 0.25) is 5.91 Å². The van der Waals surface area contributed by atoms with Crippen LogP contribution < -0.4 is 5.32 Å². The summed E-state index contributed by atoms with van der Waals surface area (Å²) in [6.07, 6.45) is 0. The van der Waals surface area contributed by atoms with Gasteiger partial charge in [0.15, 0.2) is 0 Å². The van der Waals surface area contributed by atoms with Crippen molar-refractivity contribution < 1.29 is 9.18 Å². The number of fused-ring (bicyclic) bond motifs is 1. The highest BCUT2D eigenvalue weighted by molar-refractivity contribution is 6.31. The van der Waals surface area contributed by atoms with E-state index >= 15 is 0 Å². The summed E-state index contributed by atoms with van der Waals surface area (Å²) in [5, 5.41) is 2.84. The number of rotatable bonds is 3. The van der Waals surface area contributed by atoms with E-state index in [1.807, 2.05) is 20.8 Å². The number of nitrogens with zero attached hydrogens (tertiary/aromatic N) is 2. The molecule has 0 aliphatic heterocycles. The van der Waals surface area contributed by atoms with Crippen molar-refractivity contribution in [1.29, 1.82) is 0 Å². The Kier molecular flexibility index (Phi) is 4.44. The van der Waals surface area contributed by atoms with Crippen molar-refractivity contribution in [2.24, 2.45) is 0 Å². The summed E-state index contributed by atoms with van der Waals surface area (Å²) in [6, 6.07) is 2.70. The van der Waals surface area contributed by atoms with E-state index in [9.17, 15) is 9.18 Å². The first-order valence-corrected chi connectivity index (χ1v) is 7.33. The Bertz CT molecular complexity index is 692. The van der Waals surface area contributed by atoms with Crippen molar-refractivity contribution >= 4 is 40.1 Å². The highest BCUT2D eigenvalue weighted by Gasteiger charge is 2.18. The molecule has 4 nitrogen and oxygen atoms in total. The quantitative estimate of drug-likeness (QED) is 0.875. The van der Waals surface area contributed by atoms with Gasteiger partial charge in [-0.1, -0.05) is 11.6 Å². The molecule has 0 fully saturated rings. The Labute approximate surface area is 132 Å². The Balaban J connectivity index is 2.42. The van der Waals surface area contributed by atoms with Gasteiger partial charge in [0.25, 0.3) is 0 Å². The highest BCUT2D eigenvalue weighted by Crippen LogP contribution is 2.24. The van der Waals surface area contributed by atoms with Crippen molar-refractivity contribution in [1.82, 2.24) is 14.9 Å². The second-order valence-electron chi connectivity index (χ2n) is 5.80. The van der Waals surface area contributed by atoms with Crippen molar-refractivity contribution in [3.8, 4) is 0 Å². The molecule has 0 unspecified atom stereocenters. The number of nitrogens with one attached hydrogen (secondary N) is 1. The molecule has 0 saturated carbocycles. The maximum absolute atomic E-state index is 13.6. The molecular formula is C14H16Cl2FN3O. The zero-order valence-corrected chi connectivity index (χ0v) is 13.5. The third kappa shape index (κ3) is 3.66. The number of carbonyl (C=O) groups excluding carboxylic acids is 1. The van der Waals surface area contributed by atoms with E-state index < -0.39 is 5.82 Å². The normalized spacial score (nSPS) is 11.9. The molecule has 0 aliphatic rings. The molecule has 2 aromatic rings. The first-order chi connectivity index (χ1) is 9.71. The van der Waals surface area contributed by atoms with E-state index in [4.69, 9.17) is 23.2 Å². The summed E-state index contributed by atoms with van der Waals surface area (Å²) in [5.74, 6) is -0.125. The highest BCUT2D eigenvalue weighted by atomic mass is 35.5. The minimum Gasteiger partial charge on any atom is -0.350 e. The standard InChI is InChI=1S/C14H16Cl2FN3O/c1-14(2,3)19-13(21)7-20-11-5-9(17)8(16)4-10(11)18-12(20)6-15/h4-5H,6-7H2,1-3H3,(H,19,21). The molecule has 0 atom stereocenters. The van der Waals surface area contributed by atoms with Gasteiger partial charge in [-0.15, -0.1) is 11.6 Å². The number of carbonyl (C=O) groups is 1. The minimum absolute atomic E-state index is 0.00702. The predicted molar refractivity (Wildman–Crippen MR) is 82.2 cm³/mol. The lowest BCUT2D eigenvalue weighted by Gasteiger charge is -2.21. The lowest BCUT2D eigenvalue weighted by molar-refractivity contribution is -0.123. The number of aromatic nitrogens is 2. The second-order valence-corrected chi connectivity index (χ2v) is 6.48. The molecule has 21 heavy (non-hydrogen) atoms. The largest absolute Gasteiger partial charge is 0.350 e. The lowest BCUT2D eigenvalue weighted by atomic mass is 10.1. The van der Waals surface area contributed by atoms with Gasteiger partial charge >= 0.3 is 0 Å². The van der Waals surface area contributed by atoms with Crippen molar-refractivity contribution in [2.75, 3.05) is 0 Å². The van der Waals surface area contributed by atoms with Crippen LogP contribution in [0.2, 0.25) is 5.02 Å². The second kappa shape index (κ2) is 5.81. The van der Waals surface area contributed by atoms with Gasteiger partial charge in [-0.3, -0.25) is 4.79 Å². The van der Waals surface area contributed by atoms with Crippen LogP contribution in [0.1, 0.15) is 26.6 Å². The average molecular weight is 332 g/mol. The van der Waals surface area contributed by atoms with Gasteiger partial charge in [0.05, 0.1) is 21.9 Å². The van der Waals surface area contributed by atoms with Gasteiger partial charge in [0.1, 0.15) is 18.2 Å². The van der Waals surface area contributed by atoms with Crippen LogP contribution in [0.5, 0.6) is 0 Å². The van der Waals surface area contributed by atoms with Crippen molar-refractivity contribution in [3.63, 3.8) is 0 Å². The van der Waals surface area contributed by atoms with Gasteiger partial charge in [-0.25, -0.2) is 9.37 Å². The number of alkyl halides is 1. The fraction of sp³-hybridized carbons (Fsp3) is 0.429. The molecule has 1 heterocycles. The fourth-order valence-electron chi connectivity index (χ4n) is 2.05. The van der Waals surface area contributed by atoms with Gasteiger partial charge in [-0.2, -0.15) is 0 Å². The van der Waals surface area contributed by atoms with Crippen LogP contribution >= 0.6 is 23.2 Å². The zero-order chi connectivity index (χ0) is 15.8. The fourth-order valence-corrected chi connectivity index (χ4v) is 2.41. The van der Waals surface area contributed by atoms with E-state index in [1.54, 1.807) is 4.57 Å². The van der Waals surface area contributed by atoms with Crippen LogP contribution in [0.15, 0.2) is 12.1 Å². The van der Waals surface area contributed by atoms with E-state index in [2.05, 4.69) is 10.3 Å². The average Bonchev–Trinajstić information content (AvgIpc) is 2.65. The molecule has 2 rings (SSSR count).